The van der Waals surface area contributed by atoms with Crippen molar-refractivity contribution in [3.63, 3.8) is 0 Å². The van der Waals surface area contributed by atoms with Crippen LogP contribution in [-0.4, -0.2) is 32.4 Å². The lowest BCUT2D eigenvalue weighted by Gasteiger charge is -2.09. The van der Waals surface area contributed by atoms with Crippen molar-refractivity contribution in [3.8, 4) is 5.75 Å². The van der Waals surface area contributed by atoms with Gasteiger partial charge in [0.25, 0.3) is 0 Å². The zero-order chi connectivity index (χ0) is 13.8. The molecule has 18 heavy (non-hydrogen) atoms. The van der Waals surface area contributed by atoms with Crippen LogP contribution in [-0.2, 0) is 9.84 Å². The highest BCUT2D eigenvalue weighted by Crippen LogP contribution is 2.23. The Morgan fingerprint density at radius 1 is 1.39 bits per heavy atom. The summed E-state index contributed by atoms with van der Waals surface area (Å²) in [6, 6.07) is 3.86. The predicted octanol–water partition coefficient (Wildman–Crippen LogP) is 1.97. The molecule has 5 nitrogen and oxygen atoms in total. The zero-order valence-corrected chi connectivity index (χ0v) is 11.2. The largest absolute Gasteiger partial charge is 0.493 e. The Balaban J connectivity index is 3.09. The number of unbranched alkanes of at least 4 members (excludes halogenated alkanes) is 1. The molecule has 1 aromatic rings. The normalized spacial score (nSPS) is 11.2. The van der Waals surface area contributed by atoms with Crippen molar-refractivity contribution in [1.82, 2.24) is 0 Å². The molecule has 0 aromatic heterocycles. The van der Waals surface area contributed by atoms with E-state index in [-0.39, 0.29) is 16.2 Å². The predicted molar refractivity (Wildman–Crippen MR) is 66.9 cm³/mol. The number of hydrogen-bond acceptors (Lipinski definition) is 4. The van der Waals surface area contributed by atoms with Crippen molar-refractivity contribution < 1.29 is 23.1 Å². The van der Waals surface area contributed by atoms with E-state index in [0.29, 0.717) is 6.61 Å². The van der Waals surface area contributed by atoms with Crippen LogP contribution in [0.3, 0.4) is 0 Å². The molecule has 1 N–H and O–H groups in total. The van der Waals surface area contributed by atoms with Gasteiger partial charge in [0.15, 0.2) is 9.84 Å². The molecule has 0 aliphatic carbocycles. The van der Waals surface area contributed by atoms with E-state index in [1.165, 1.54) is 12.1 Å². The summed E-state index contributed by atoms with van der Waals surface area (Å²) in [5.41, 5.74) is -0.131. The molecule has 0 amide bonds. The van der Waals surface area contributed by atoms with Crippen LogP contribution in [0.1, 0.15) is 30.1 Å². The minimum absolute atomic E-state index is 0.0252. The highest BCUT2D eigenvalue weighted by Gasteiger charge is 2.16. The lowest BCUT2D eigenvalue weighted by atomic mass is 10.2. The highest BCUT2D eigenvalue weighted by atomic mass is 32.2. The van der Waals surface area contributed by atoms with Crippen molar-refractivity contribution in [2.24, 2.45) is 0 Å². The van der Waals surface area contributed by atoms with Crippen LogP contribution < -0.4 is 4.74 Å². The molecule has 1 rings (SSSR count). The molecule has 0 fully saturated rings. The van der Waals surface area contributed by atoms with E-state index >= 15 is 0 Å². The average Bonchev–Trinajstić information content (AvgIpc) is 2.28. The fourth-order valence-corrected chi connectivity index (χ4v) is 2.01. The summed E-state index contributed by atoms with van der Waals surface area (Å²) in [5, 5.41) is 9.04. The van der Waals surface area contributed by atoms with Gasteiger partial charge in [0.1, 0.15) is 11.3 Å². The summed E-state index contributed by atoms with van der Waals surface area (Å²) in [5.74, 6) is -1.00. The number of ether oxygens (including phenoxy) is 1. The van der Waals surface area contributed by atoms with Crippen LogP contribution in [0.25, 0.3) is 0 Å². The van der Waals surface area contributed by atoms with E-state index < -0.39 is 15.8 Å². The third-order valence-corrected chi connectivity index (χ3v) is 3.48. The average molecular weight is 272 g/mol. The van der Waals surface area contributed by atoms with Crippen molar-refractivity contribution in [2.45, 2.75) is 24.7 Å². The molecule has 0 spiro atoms. The number of sulfone groups is 1. The fourth-order valence-electron chi connectivity index (χ4n) is 1.36. The van der Waals surface area contributed by atoms with Crippen molar-refractivity contribution in [2.75, 3.05) is 12.9 Å². The Bertz CT molecular complexity index is 533. The van der Waals surface area contributed by atoms with Crippen molar-refractivity contribution in [3.05, 3.63) is 23.8 Å². The molecular weight excluding hydrogens is 256 g/mol. The van der Waals surface area contributed by atoms with Gasteiger partial charge >= 0.3 is 5.97 Å². The van der Waals surface area contributed by atoms with E-state index in [0.717, 1.165) is 25.2 Å². The first-order valence-electron chi connectivity index (χ1n) is 5.56. The van der Waals surface area contributed by atoms with E-state index in [4.69, 9.17) is 9.84 Å². The van der Waals surface area contributed by atoms with Gasteiger partial charge < -0.3 is 9.84 Å². The number of carbonyl (C=O) groups is 1. The molecule has 0 aliphatic rings. The van der Waals surface area contributed by atoms with Gasteiger partial charge in [-0.3, -0.25) is 0 Å². The third-order valence-electron chi connectivity index (χ3n) is 2.37. The first kappa shape index (κ1) is 14.5. The molecule has 0 saturated carbocycles. The maximum absolute atomic E-state index is 11.3. The molecule has 0 saturated heterocycles. The second-order valence-corrected chi connectivity index (χ2v) is 5.95. The van der Waals surface area contributed by atoms with Crippen LogP contribution in [0, 0.1) is 0 Å². The summed E-state index contributed by atoms with van der Waals surface area (Å²) in [6.45, 7) is 2.41. The van der Waals surface area contributed by atoms with Crippen LogP contribution in [0.15, 0.2) is 23.1 Å². The summed E-state index contributed by atoms with van der Waals surface area (Å²) in [6.07, 6.45) is 2.78. The Morgan fingerprint density at radius 2 is 2.06 bits per heavy atom. The number of benzene rings is 1. The SMILES string of the molecule is CCCCOc1ccc(S(C)(=O)=O)cc1C(=O)O. The molecule has 0 aliphatic heterocycles. The van der Waals surface area contributed by atoms with E-state index in [2.05, 4.69) is 0 Å². The monoisotopic (exact) mass is 272 g/mol. The molecular formula is C12H16O5S. The molecule has 0 heterocycles. The van der Waals surface area contributed by atoms with Crippen LogP contribution >= 0.6 is 0 Å². The zero-order valence-electron chi connectivity index (χ0n) is 10.3. The standard InChI is InChI=1S/C12H16O5S/c1-3-4-7-17-11-6-5-9(18(2,15)16)8-10(11)12(13)14/h5-6,8H,3-4,7H2,1-2H3,(H,13,14). The van der Waals surface area contributed by atoms with Crippen LogP contribution in [0.5, 0.6) is 5.75 Å². The fraction of sp³-hybridized carbons (Fsp3) is 0.417. The smallest absolute Gasteiger partial charge is 0.339 e. The Kier molecular flexibility index (Phi) is 4.72. The number of hydrogen-bond donors (Lipinski definition) is 1. The van der Waals surface area contributed by atoms with Gasteiger partial charge in [-0.2, -0.15) is 0 Å². The lowest BCUT2D eigenvalue weighted by Crippen LogP contribution is -2.07. The maximum Gasteiger partial charge on any atom is 0.339 e. The lowest BCUT2D eigenvalue weighted by molar-refractivity contribution is 0.0692. The Labute approximate surface area is 106 Å². The Hall–Kier alpha value is -1.56. The molecule has 100 valence electrons. The quantitative estimate of drug-likeness (QED) is 0.801. The van der Waals surface area contributed by atoms with E-state index in [1.54, 1.807) is 0 Å². The molecule has 0 bridgehead atoms. The van der Waals surface area contributed by atoms with Gasteiger partial charge in [0, 0.05) is 6.26 Å². The van der Waals surface area contributed by atoms with Gasteiger partial charge in [-0.15, -0.1) is 0 Å². The van der Waals surface area contributed by atoms with Gasteiger partial charge in [-0.25, -0.2) is 13.2 Å². The topological polar surface area (TPSA) is 80.7 Å². The number of carboxylic acid groups (broad SMARTS) is 1. The first-order chi connectivity index (χ1) is 8.36. The van der Waals surface area contributed by atoms with E-state index in [9.17, 15) is 13.2 Å². The summed E-state index contributed by atoms with van der Waals surface area (Å²) >= 11 is 0. The van der Waals surface area contributed by atoms with Gasteiger partial charge in [-0.1, -0.05) is 13.3 Å². The Morgan fingerprint density at radius 3 is 2.56 bits per heavy atom. The molecule has 1 aromatic carbocycles. The van der Waals surface area contributed by atoms with Crippen LogP contribution in [0.4, 0.5) is 0 Å². The molecule has 0 unspecified atom stereocenters. The summed E-state index contributed by atoms with van der Waals surface area (Å²) in [4.78, 5) is 11.0. The summed E-state index contributed by atoms with van der Waals surface area (Å²) in [7, 11) is -3.42. The summed E-state index contributed by atoms with van der Waals surface area (Å²) < 4.78 is 28.0. The van der Waals surface area contributed by atoms with Crippen LogP contribution in [0.2, 0.25) is 0 Å². The molecule has 6 heteroatoms. The second-order valence-electron chi connectivity index (χ2n) is 3.94. The van der Waals surface area contributed by atoms with Gasteiger partial charge in [-0.05, 0) is 24.6 Å². The second kappa shape index (κ2) is 5.86. The first-order valence-corrected chi connectivity index (χ1v) is 7.45. The van der Waals surface area contributed by atoms with Gasteiger partial charge in [0.2, 0.25) is 0 Å². The maximum atomic E-state index is 11.3. The minimum atomic E-state index is -3.42. The van der Waals surface area contributed by atoms with Crippen molar-refractivity contribution >= 4 is 15.8 Å². The highest BCUT2D eigenvalue weighted by molar-refractivity contribution is 7.90. The molecule has 0 radical (unpaired) electrons. The minimum Gasteiger partial charge on any atom is -0.493 e. The molecule has 0 atom stereocenters. The number of aromatic carboxylic acids is 1. The van der Waals surface area contributed by atoms with Gasteiger partial charge in [0.05, 0.1) is 11.5 Å². The number of rotatable bonds is 6. The number of carboxylic acids is 1. The van der Waals surface area contributed by atoms with E-state index in [1.807, 2.05) is 6.92 Å². The van der Waals surface area contributed by atoms with Crippen molar-refractivity contribution in [1.29, 1.82) is 0 Å². The third kappa shape index (κ3) is 3.73.